The second-order valence-corrected chi connectivity index (χ2v) is 9.50. The molecule has 4 nitrogen and oxygen atoms in total. The molecule has 4 heteroatoms. The molecule has 0 spiro atoms. The smallest absolute Gasteiger partial charge is 0.155 e. The van der Waals surface area contributed by atoms with Gasteiger partial charge in [0, 0.05) is 17.8 Å². The highest BCUT2D eigenvalue weighted by molar-refractivity contribution is 5.91. The van der Waals surface area contributed by atoms with Crippen LogP contribution in [-0.4, -0.2) is 33.5 Å². The standard InChI is InChI=1S/C21H30O4/c1-12(22)17-11-18(24)21(25)16-5-4-13-10-14(23)6-8-19(13,2)15(16)7-9-20(17,21)3/h10,15-18,24-25H,4-9,11H2,1-3H3/t15-,16+,17+,18+,19-,20+,21+/m0/s1. The van der Waals surface area contributed by atoms with Crippen molar-refractivity contribution in [2.75, 3.05) is 0 Å². The largest absolute Gasteiger partial charge is 0.390 e. The molecule has 0 aromatic rings. The highest BCUT2D eigenvalue weighted by Gasteiger charge is 2.70. The number of fused-ring (bicyclic) bond motifs is 5. The van der Waals surface area contributed by atoms with E-state index in [-0.39, 0.29) is 34.7 Å². The molecule has 0 aromatic carbocycles. The predicted octanol–water partition coefficient (Wildman–Crippen LogP) is 2.81. The van der Waals surface area contributed by atoms with E-state index in [4.69, 9.17) is 0 Å². The van der Waals surface area contributed by atoms with E-state index in [1.807, 2.05) is 13.0 Å². The van der Waals surface area contributed by atoms with E-state index < -0.39 is 17.1 Å². The van der Waals surface area contributed by atoms with E-state index in [2.05, 4.69) is 6.92 Å². The molecule has 4 rings (SSSR count). The number of aliphatic hydroxyl groups excluding tert-OH is 1. The Morgan fingerprint density at radius 2 is 1.88 bits per heavy atom. The molecule has 0 unspecified atom stereocenters. The molecule has 25 heavy (non-hydrogen) atoms. The van der Waals surface area contributed by atoms with E-state index in [1.54, 1.807) is 6.92 Å². The number of carbonyl (C=O) groups is 2. The van der Waals surface area contributed by atoms with Gasteiger partial charge in [-0.2, -0.15) is 0 Å². The number of carbonyl (C=O) groups excluding carboxylic acids is 2. The van der Waals surface area contributed by atoms with Gasteiger partial charge in [0.1, 0.15) is 5.78 Å². The Bertz CT molecular complexity index is 667. The summed E-state index contributed by atoms with van der Waals surface area (Å²) in [6, 6.07) is 0. The SMILES string of the molecule is CC(=O)[C@H]1C[C@@H](O)[C@]2(O)[C@@H]3CCC4=CC(=O)CC[C@]4(C)[C@H]3CC[C@]12C. The van der Waals surface area contributed by atoms with Gasteiger partial charge in [0.15, 0.2) is 5.78 Å². The van der Waals surface area contributed by atoms with E-state index in [9.17, 15) is 19.8 Å². The summed E-state index contributed by atoms with van der Waals surface area (Å²) >= 11 is 0. The molecular formula is C21H30O4. The number of allylic oxidation sites excluding steroid dienone is 1. The van der Waals surface area contributed by atoms with Gasteiger partial charge in [0.25, 0.3) is 0 Å². The number of hydrogen-bond acceptors (Lipinski definition) is 4. The molecule has 0 aromatic heterocycles. The van der Waals surface area contributed by atoms with Gasteiger partial charge in [-0.15, -0.1) is 0 Å². The van der Waals surface area contributed by atoms with Crippen LogP contribution in [0.25, 0.3) is 0 Å². The van der Waals surface area contributed by atoms with Crippen LogP contribution >= 0.6 is 0 Å². The maximum absolute atomic E-state index is 12.2. The van der Waals surface area contributed by atoms with Gasteiger partial charge in [-0.25, -0.2) is 0 Å². The van der Waals surface area contributed by atoms with Crippen LogP contribution in [0.1, 0.15) is 65.7 Å². The summed E-state index contributed by atoms with van der Waals surface area (Å²) in [6.07, 6.45) is 6.16. The third kappa shape index (κ3) is 2.01. The fraction of sp³-hybridized carbons (Fsp3) is 0.810. The van der Waals surface area contributed by atoms with E-state index in [1.165, 1.54) is 5.57 Å². The lowest BCUT2D eigenvalue weighted by Gasteiger charge is -2.61. The molecule has 0 radical (unpaired) electrons. The monoisotopic (exact) mass is 346 g/mol. The molecule has 2 N–H and O–H groups in total. The van der Waals surface area contributed by atoms with Crippen molar-refractivity contribution < 1.29 is 19.8 Å². The molecule has 0 saturated heterocycles. The zero-order valence-electron chi connectivity index (χ0n) is 15.5. The number of hydrogen-bond donors (Lipinski definition) is 2. The molecule has 138 valence electrons. The van der Waals surface area contributed by atoms with Gasteiger partial charge < -0.3 is 10.2 Å². The Hall–Kier alpha value is -1.00. The minimum absolute atomic E-state index is 0.000882. The van der Waals surface area contributed by atoms with Crippen molar-refractivity contribution in [3.63, 3.8) is 0 Å². The van der Waals surface area contributed by atoms with Crippen LogP contribution in [0.2, 0.25) is 0 Å². The summed E-state index contributed by atoms with van der Waals surface area (Å²) in [4.78, 5) is 24.1. The van der Waals surface area contributed by atoms with Crippen molar-refractivity contribution in [1.29, 1.82) is 0 Å². The van der Waals surface area contributed by atoms with Crippen LogP contribution < -0.4 is 0 Å². The first-order valence-corrected chi connectivity index (χ1v) is 9.79. The maximum atomic E-state index is 12.2. The molecule has 4 aliphatic rings. The molecule has 7 atom stereocenters. The molecule has 3 saturated carbocycles. The van der Waals surface area contributed by atoms with Crippen LogP contribution in [0.15, 0.2) is 11.6 Å². The van der Waals surface area contributed by atoms with Gasteiger partial charge in [0.2, 0.25) is 0 Å². The van der Waals surface area contributed by atoms with Gasteiger partial charge in [-0.3, -0.25) is 9.59 Å². The molecule has 0 bridgehead atoms. The molecule has 0 heterocycles. The Balaban J connectivity index is 1.77. The molecule has 3 fully saturated rings. The summed E-state index contributed by atoms with van der Waals surface area (Å²) < 4.78 is 0. The average Bonchev–Trinajstić information content (AvgIpc) is 2.76. The van der Waals surface area contributed by atoms with Gasteiger partial charge in [0.05, 0.1) is 11.7 Å². The first kappa shape index (κ1) is 17.4. The van der Waals surface area contributed by atoms with Crippen molar-refractivity contribution in [2.45, 2.75) is 77.4 Å². The van der Waals surface area contributed by atoms with Crippen LogP contribution in [0.5, 0.6) is 0 Å². The van der Waals surface area contributed by atoms with Crippen LogP contribution in [0, 0.1) is 28.6 Å². The zero-order chi connectivity index (χ0) is 18.2. The zero-order valence-corrected chi connectivity index (χ0v) is 15.5. The highest BCUT2D eigenvalue weighted by atomic mass is 16.3. The lowest BCUT2D eigenvalue weighted by Crippen LogP contribution is -2.64. The topological polar surface area (TPSA) is 74.6 Å². The second-order valence-electron chi connectivity index (χ2n) is 9.50. The highest BCUT2D eigenvalue weighted by Crippen LogP contribution is 2.68. The fourth-order valence-corrected chi connectivity index (χ4v) is 7.20. The lowest BCUT2D eigenvalue weighted by atomic mass is 9.45. The third-order valence-electron chi connectivity index (χ3n) is 8.67. The van der Waals surface area contributed by atoms with Gasteiger partial charge >= 0.3 is 0 Å². The third-order valence-corrected chi connectivity index (χ3v) is 8.67. The van der Waals surface area contributed by atoms with Crippen LogP contribution in [0.3, 0.4) is 0 Å². The summed E-state index contributed by atoms with van der Waals surface area (Å²) in [5, 5.41) is 22.7. The van der Waals surface area contributed by atoms with Crippen LogP contribution in [0.4, 0.5) is 0 Å². The van der Waals surface area contributed by atoms with Crippen molar-refractivity contribution in [1.82, 2.24) is 0 Å². The first-order valence-electron chi connectivity index (χ1n) is 9.79. The minimum atomic E-state index is -1.19. The summed E-state index contributed by atoms with van der Waals surface area (Å²) in [7, 11) is 0. The van der Waals surface area contributed by atoms with Crippen molar-refractivity contribution in [2.24, 2.45) is 28.6 Å². The Labute approximate surface area is 149 Å². The van der Waals surface area contributed by atoms with Gasteiger partial charge in [-0.05, 0) is 68.8 Å². The van der Waals surface area contributed by atoms with Crippen LogP contribution in [-0.2, 0) is 9.59 Å². The summed E-state index contributed by atoms with van der Waals surface area (Å²) in [5.41, 5.74) is -0.543. The first-order chi connectivity index (χ1) is 11.6. The van der Waals surface area contributed by atoms with E-state index in [0.29, 0.717) is 12.8 Å². The quantitative estimate of drug-likeness (QED) is 0.766. The summed E-state index contributed by atoms with van der Waals surface area (Å²) in [6.45, 7) is 5.86. The lowest BCUT2D eigenvalue weighted by molar-refractivity contribution is -0.216. The molecule has 4 aliphatic carbocycles. The minimum Gasteiger partial charge on any atom is -0.390 e. The Kier molecular flexibility index (Phi) is 3.66. The summed E-state index contributed by atoms with van der Waals surface area (Å²) in [5.74, 6) is 0.329. The van der Waals surface area contributed by atoms with E-state index >= 15 is 0 Å². The number of aliphatic hydroxyl groups is 2. The molecule has 0 amide bonds. The Morgan fingerprint density at radius 3 is 2.56 bits per heavy atom. The van der Waals surface area contributed by atoms with Crippen molar-refractivity contribution >= 4 is 11.6 Å². The molecule has 0 aliphatic heterocycles. The fourth-order valence-electron chi connectivity index (χ4n) is 7.20. The number of Topliss-reactive ketones (excluding diaryl/α,β-unsaturated/α-hetero) is 1. The average molecular weight is 346 g/mol. The maximum Gasteiger partial charge on any atom is 0.155 e. The Morgan fingerprint density at radius 1 is 1.16 bits per heavy atom. The van der Waals surface area contributed by atoms with Gasteiger partial charge in [-0.1, -0.05) is 19.4 Å². The predicted molar refractivity (Wildman–Crippen MR) is 93.7 cm³/mol. The normalized spacial score (nSPS) is 52.0. The van der Waals surface area contributed by atoms with Crippen molar-refractivity contribution in [3.05, 3.63) is 11.6 Å². The van der Waals surface area contributed by atoms with E-state index in [0.717, 1.165) is 32.1 Å². The molecular weight excluding hydrogens is 316 g/mol. The van der Waals surface area contributed by atoms with Crippen molar-refractivity contribution in [3.8, 4) is 0 Å². The number of ketones is 2. The second kappa shape index (κ2) is 5.26. The number of rotatable bonds is 1.